The molecule has 6 nitrogen and oxygen atoms in total. The molecule has 0 spiro atoms. The molecule has 0 amide bonds. The minimum Gasteiger partial charge on any atom is -0.360 e. The highest BCUT2D eigenvalue weighted by Crippen LogP contribution is 2.19. The van der Waals surface area contributed by atoms with Crippen LogP contribution in [0.3, 0.4) is 0 Å². The largest absolute Gasteiger partial charge is 0.360 e. The number of aryl methyl sites for hydroxylation is 1. The maximum absolute atomic E-state index is 12.2. The molecule has 0 aliphatic heterocycles. The van der Waals surface area contributed by atoms with Crippen LogP contribution in [0.1, 0.15) is 31.2 Å². The van der Waals surface area contributed by atoms with Crippen LogP contribution in [0.15, 0.2) is 39.8 Å². The second kappa shape index (κ2) is 6.28. The molecule has 1 aromatic carbocycles. The maximum Gasteiger partial charge on any atom is 0.263 e. The third kappa shape index (κ3) is 3.83. The van der Waals surface area contributed by atoms with Crippen molar-refractivity contribution in [3.63, 3.8) is 0 Å². The van der Waals surface area contributed by atoms with Crippen molar-refractivity contribution in [3.8, 4) is 0 Å². The van der Waals surface area contributed by atoms with E-state index in [9.17, 15) is 8.42 Å². The van der Waals surface area contributed by atoms with Crippen LogP contribution in [-0.2, 0) is 10.0 Å². The molecule has 1 unspecified atom stereocenters. The van der Waals surface area contributed by atoms with Gasteiger partial charge in [0, 0.05) is 12.1 Å². The number of sulfonamides is 1. The van der Waals surface area contributed by atoms with Gasteiger partial charge in [-0.25, -0.2) is 8.42 Å². The summed E-state index contributed by atoms with van der Waals surface area (Å²) in [4.78, 5) is 0.190. The number of nitrogens with one attached hydrogen (secondary N) is 2. The van der Waals surface area contributed by atoms with E-state index in [0.717, 1.165) is 12.1 Å². The van der Waals surface area contributed by atoms with E-state index >= 15 is 0 Å². The number of benzene rings is 1. The average Bonchev–Trinajstić information content (AvgIpc) is 2.84. The van der Waals surface area contributed by atoms with E-state index < -0.39 is 10.0 Å². The van der Waals surface area contributed by atoms with E-state index in [-0.39, 0.29) is 16.8 Å². The molecule has 2 N–H and O–H groups in total. The summed E-state index contributed by atoms with van der Waals surface area (Å²) in [6.07, 6.45) is 0. The van der Waals surface area contributed by atoms with Gasteiger partial charge in [-0.2, -0.15) is 0 Å². The molecular formula is C14H19N3O3S. The van der Waals surface area contributed by atoms with Crippen LogP contribution in [0, 0.1) is 6.92 Å². The van der Waals surface area contributed by atoms with Crippen LogP contribution in [0.25, 0.3) is 0 Å². The maximum atomic E-state index is 12.2. The molecule has 1 atom stereocenters. The third-order valence-corrected chi connectivity index (χ3v) is 4.44. The Morgan fingerprint density at radius 3 is 2.48 bits per heavy atom. The molecule has 0 saturated heterocycles. The molecule has 2 rings (SSSR count). The SMILES string of the molecule is CCNC(C)c1ccc(S(=O)(=O)Nc2cc(C)on2)cc1. The summed E-state index contributed by atoms with van der Waals surface area (Å²) in [5.74, 6) is 0.722. The molecule has 0 fully saturated rings. The quantitative estimate of drug-likeness (QED) is 0.856. The number of rotatable bonds is 6. The number of aromatic nitrogens is 1. The Morgan fingerprint density at radius 2 is 1.95 bits per heavy atom. The Labute approximate surface area is 124 Å². The van der Waals surface area contributed by atoms with E-state index in [1.807, 2.05) is 13.8 Å². The van der Waals surface area contributed by atoms with Gasteiger partial charge in [-0.15, -0.1) is 0 Å². The van der Waals surface area contributed by atoms with Crippen LogP contribution >= 0.6 is 0 Å². The lowest BCUT2D eigenvalue weighted by Crippen LogP contribution is -2.18. The summed E-state index contributed by atoms with van der Waals surface area (Å²) < 4.78 is 31.6. The van der Waals surface area contributed by atoms with Gasteiger partial charge in [0.15, 0.2) is 5.82 Å². The zero-order valence-corrected chi connectivity index (χ0v) is 13.1. The van der Waals surface area contributed by atoms with E-state index in [2.05, 4.69) is 15.2 Å². The third-order valence-electron chi connectivity index (χ3n) is 3.07. The molecule has 2 aromatic rings. The van der Waals surface area contributed by atoms with Crippen LogP contribution in [0.2, 0.25) is 0 Å². The van der Waals surface area contributed by atoms with Gasteiger partial charge in [0.05, 0.1) is 4.90 Å². The van der Waals surface area contributed by atoms with E-state index in [4.69, 9.17) is 4.52 Å². The first kappa shape index (κ1) is 15.5. The fourth-order valence-corrected chi connectivity index (χ4v) is 2.95. The van der Waals surface area contributed by atoms with Gasteiger partial charge in [0.25, 0.3) is 10.0 Å². The molecule has 7 heteroatoms. The van der Waals surface area contributed by atoms with Crippen molar-refractivity contribution in [2.24, 2.45) is 0 Å². The van der Waals surface area contributed by atoms with Crippen molar-refractivity contribution < 1.29 is 12.9 Å². The van der Waals surface area contributed by atoms with Crippen molar-refractivity contribution in [1.82, 2.24) is 10.5 Å². The van der Waals surface area contributed by atoms with Crippen LogP contribution in [-0.4, -0.2) is 20.1 Å². The van der Waals surface area contributed by atoms with Crippen LogP contribution in [0.4, 0.5) is 5.82 Å². The van der Waals surface area contributed by atoms with E-state index in [0.29, 0.717) is 5.76 Å². The Bertz CT molecular complexity index is 693. The first-order valence-corrected chi connectivity index (χ1v) is 8.20. The molecule has 0 bridgehead atoms. The lowest BCUT2D eigenvalue weighted by molar-refractivity contribution is 0.400. The topological polar surface area (TPSA) is 84.2 Å². The highest BCUT2D eigenvalue weighted by molar-refractivity contribution is 7.92. The van der Waals surface area contributed by atoms with Gasteiger partial charge in [-0.1, -0.05) is 24.2 Å². The normalized spacial score (nSPS) is 13.1. The molecule has 0 aliphatic rings. The average molecular weight is 309 g/mol. The first-order chi connectivity index (χ1) is 9.92. The summed E-state index contributed by atoms with van der Waals surface area (Å²) in [5.41, 5.74) is 1.04. The molecule has 1 aromatic heterocycles. The van der Waals surface area contributed by atoms with Gasteiger partial charge < -0.3 is 9.84 Å². The van der Waals surface area contributed by atoms with Gasteiger partial charge in [-0.3, -0.25) is 4.72 Å². The standard InChI is InChI=1S/C14H19N3O3S/c1-4-15-11(3)12-5-7-13(8-6-12)21(18,19)17-14-9-10(2)20-16-14/h5-9,11,15H,4H2,1-3H3,(H,16,17). The minimum absolute atomic E-state index is 0.178. The molecular weight excluding hydrogens is 290 g/mol. The van der Waals surface area contributed by atoms with E-state index in [1.54, 1.807) is 31.2 Å². The zero-order chi connectivity index (χ0) is 15.5. The second-order valence-electron chi connectivity index (χ2n) is 4.78. The van der Waals surface area contributed by atoms with Gasteiger partial charge in [0.2, 0.25) is 0 Å². The predicted octanol–water partition coefficient (Wildman–Crippen LogP) is 2.45. The fraction of sp³-hybridized carbons (Fsp3) is 0.357. The first-order valence-electron chi connectivity index (χ1n) is 6.72. The molecule has 0 aliphatic carbocycles. The van der Waals surface area contributed by atoms with Crippen molar-refractivity contribution in [2.75, 3.05) is 11.3 Å². The van der Waals surface area contributed by atoms with Crippen LogP contribution < -0.4 is 10.0 Å². The lowest BCUT2D eigenvalue weighted by atomic mass is 10.1. The number of hydrogen-bond donors (Lipinski definition) is 2. The van der Waals surface area contributed by atoms with Crippen molar-refractivity contribution >= 4 is 15.8 Å². The number of anilines is 1. The van der Waals surface area contributed by atoms with Crippen molar-refractivity contribution in [2.45, 2.75) is 31.7 Å². The summed E-state index contributed by atoms with van der Waals surface area (Å²) in [5, 5.41) is 6.90. The Hall–Kier alpha value is -1.86. The monoisotopic (exact) mass is 309 g/mol. The lowest BCUT2D eigenvalue weighted by Gasteiger charge is -2.13. The molecule has 1 heterocycles. The number of hydrogen-bond acceptors (Lipinski definition) is 5. The molecule has 0 radical (unpaired) electrons. The number of nitrogens with zero attached hydrogens (tertiary/aromatic N) is 1. The summed E-state index contributed by atoms with van der Waals surface area (Å²) >= 11 is 0. The highest BCUT2D eigenvalue weighted by atomic mass is 32.2. The summed E-state index contributed by atoms with van der Waals surface area (Å²) in [6, 6.07) is 8.47. The smallest absolute Gasteiger partial charge is 0.263 e. The van der Waals surface area contributed by atoms with Gasteiger partial charge in [0.1, 0.15) is 5.76 Å². The van der Waals surface area contributed by atoms with Crippen molar-refractivity contribution in [1.29, 1.82) is 0 Å². The highest BCUT2D eigenvalue weighted by Gasteiger charge is 2.16. The molecule has 0 saturated carbocycles. The molecule has 114 valence electrons. The Balaban J connectivity index is 2.17. The summed E-state index contributed by atoms with van der Waals surface area (Å²) in [7, 11) is -3.65. The van der Waals surface area contributed by atoms with Crippen molar-refractivity contribution in [3.05, 3.63) is 41.7 Å². The minimum atomic E-state index is -3.65. The van der Waals surface area contributed by atoms with Gasteiger partial charge >= 0.3 is 0 Å². The fourth-order valence-electron chi connectivity index (χ4n) is 1.97. The Kier molecular flexibility index (Phi) is 4.64. The van der Waals surface area contributed by atoms with E-state index in [1.165, 1.54) is 6.07 Å². The summed E-state index contributed by atoms with van der Waals surface area (Å²) in [6.45, 7) is 6.61. The van der Waals surface area contributed by atoms with Crippen LogP contribution in [0.5, 0.6) is 0 Å². The zero-order valence-electron chi connectivity index (χ0n) is 12.3. The second-order valence-corrected chi connectivity index (χ2v) is 6.46. The molecule has 21 heavy (non-hydrogen) atoms. The predicted molar refractivity (Wildman–Crippen MR) is 80.6 cm³/mol. The van der Waals surface area contributed by atoms with Gasteiger partial charge in [-0.05, 0) is 38.1 Å². The Morgan fingerprint density at radius 1 is 1.29 bits per heavy atom.